The predicted octanol–water partition coefficient (Wildman–Crippen LogP) is 6.62. The van der Waals surface area contributed by atoms with Crippen LogP contribution in [-0.4, -0.2) is 0 Å². The lowest BCUT2D eigenvalue weighted by atomic mass is 9.72. The van der Waals surface area contributed by atoms with E-state index in [2.05, 4.69) is 72.9 Å². The Hall–Kier alpha value is 0.660. The largest absolute Gasteiger partial charge is 0.0832 e. The van der Waals surface area contributed by atoms with E-state index in [0.29, 0.717) is 10.2 Å². The molecule has 0 saturated heterocycles. The smallest absolute Gasteiger partial charge is 0.0460 e. The maximum absolute atomic E-state index is 3.94. The summed E-state index contributed by atoms with van der Waals surface area (Å²) in [7, 11) is 0. The molecule has 0 radical (unpaired) electrons. The molecule has 3 heteroatoms. The van der Waals surface area contributed by atoms with Crippen LogP contribution in [0.1, 0.15) is 49.4 Å². The molecule has 1 fully saturated rings. The molecular weight excluding hydrogens is 408 g/mol. The van der Waals surface area contributed by atoms with Crippen LogP contribution in [0.3, 0.4) is 0 Å². The first-order chi connectivity index (χ1) is 8.03. The van der Waals surface area contributed by atoms with Crippen LogP contribution in [0.2, 0.25) is 0 Å². The normalized spacial score (nSPS) is 21.2. The van der Waals surface area contributed by atoms with Gasteiger partial charge in [0, 0.05) is 13.8 Å². The minimum atomic E-state index is 0.390. The topological polar surface area (TPSA) is 0 Å². The van der Waals surface area contributed by atoms with Crippen molar-refractivity contribution < 1.29 is 0 Å². The maximum atomic E-state index is 3.94. The fourth-order valence-electron chi connectivity index (χ4n) is 2.70. The van der Waals surface area contributed by atoms with Gasteiger partial charge in [0.05, 0.1) is 0 Å². The summed E-state index contributed by atoms with van der Waals surface area (Å²) in [6, 6.07) is 6.43. The minimum absolute atomic E-state index is 0.390. The number of hydrogen-bond donors (Lipinski definition) is 0. The molecule has 0 nitrogen and oxygen atoms in total. The Morgan fingerprint density at radius 3 is 2.41 bits per heavy atom. The van der Waals surface area contributed by atoms with Gasteiger partial charge in [0.15, 0.2) is 0 Å². The zero-order valence-electron chi connectivity index (χ0n) is 9.98. The monoisotopic (exact) mass is 422 g/mol. The fraction of sp³-hybridized carbons (Fsp3) is 0.571. The number of benzene rings is 1. The maximum Gasteiger partial charge on any atom is 0.0460 e. The molecule has 0 spiro atoms. The van der Waals surface area contributed by atoms with E-state index in [4.69, 9.17) is 0 Å². The summed E-state index contributed by atoms with van der Waals surface area (Å²) in [6.45, 7) is 2.42. The zero-order valence-corrected chi connectivity index (χ0v) is 14.7. The van der Waals surface area contributed by atoms with Gasteiger partial charge in [0.2, 0.25) is 0 Å². The Morgan fingerprint density at radius 1 is 1.12 bits per heavy atom. The molecule has 1 atom stereocenters. The number of alkyl halides is 1. The van der Waals surface area contributed by atoms with E-state index in [1.807, 2.05) is 0 Å². The molecule has 0 bridgehead atoms. The molecule has 1 aliphatic rings. The van der Waals surface area contributed by atoms with Crippen molar-refractivity contribution in [2.45, 2.75) is 43.9 Å². The van der Waals surface area contributed by atoms with Crippen LogP contribution in [0.4, 0.5) is 0 Å². The molecule has 0 N–H and O–H groups in total. The zero-order chi connectivity index (χ0) is 12.5. The molecular formula is C14H17Br3. The fourth-order valence-corrected chi connectivity index (χ4v) is 4.70. The van der Waals surface area contributed by atoms with Crippen LogP contribution in [0.5, 0.6) is 0 Å². The van der Waals surface area contributed by atoms with Gasteiger partial charge in [-0.15, -0.1) is 0 Å². The third-order valence-electron chi connectivity index (χ3n) is 3.84. The lowest BCUT2D eigenvalue weighted by Gasteiger charge is -2.38. The van der Waals surface area contributed by atoms with E-state index in [9.17, 15) is 0 Å². The van der Waals surface area contributed by atoms with Crippen molar-refractivity contribution in [2.75, 3.05) is 0 Å². The summed E-state index contributed by atoms with van der Waals surface area (Å²) in [4.78, 5) is 0.433. The van der Waals surface area contributed by atoms with Crippen molar-refractivity contribution >= 4 is 47.8 Å². The third kappa shape index (κ3) is 3.16. The average molecular weight is 425 g/mol. The SMILES string of the molecule is CC1(C(Br)c2cc(Br)ccc2Br)CCCCC1. The van der Waals surface area contributed by atoms with E-state index in [1.54, 1.807) is 0 Å². The minimum Gasteiger partial charge on any atom is -0.0832 e. The highest BCUT2D eigenvalue weighted by Gasteiger charge is 2.35. The van der Waals surface area contributed by atoms with Crippen LogP contribution < -0.4 is 0 Å². The molecule has 17 heavy (non-hydrogen) atoms. The number of hydrogen-bond acceptors (Lipinski definition) is 0. The summed E-state index contributed by atoms with van der Waals surface area (Å²) < 4.78 is 2.36. The van der Waals surface area contributed by atoms with Gasteiger partial charge in [-0.05, 0) is 42.0 Å². The van der Waals surface area contributed by atoms with Crippen molar-refractivity contribution in [3.63, 3.8) is 0 Å². The van der Waals surface area contributed by atoms with Crippen LogP contribution in [-0.2, 0) is 0 Å². The molecule has 0 aliphatic heterocycles. The van der Waals surface area contributed by atoms with Crippen LogP contribution in [0, 0.1) is 5.41 Å². The predicted molar refractivity (Wildman–Crippen MR) is 84.7 cm³/mol. The third-order valence-corrected chi connectivity index (χ3v) is 6.65. The second-order valence-electron chi connectivity index (χ2n) is 5.24. The lowest BCUT2D eigenvalue weighted by molar-refractivity contribution is 0.212. The van der Waals surface area contributed by atoms with E-state index < -0.39 is 0 Å². The highest BCUT2D eigenvalue weighted by Crippen LogP contribution is 2.51. The number of rotatable bonds is 2. The van der Waals surface area contributed by atoms with Gasteiger partial charge in [-0.1, -0.05) is 74.0 Å². The Morgan fingerprint density at radius 2 is 1.76 bits per heavy atom. The van der Waals surface area contributed by atoms with Gasteiger partial charge in [0.1, 0.15) is 0 Å². The van der Waals surface area contributed by atoms with Crippen molar-refractivity contribution in [2.24, 2.45) is 5.41 Å². The Bertz CT molecular complexity index is 394. The Kier molecular flexibility index (Phi) is 4.76. The highest BCUT2D eigenvalue weighted by atomic mass is 79.9. The van der Waals surface area contributed by atoms with E-state index >= 15 is 0 Å². The van der Waals surface area contributed by atoms with Gasteiger partial charge in [0.25, 0.3) is 0 Å². The van der Waals surface area contributed by atoms with Gasteiger partial charge >= 0.3 is 0 Å². The second-order valence-corrected chi connectivity index (χ2v) is 7.93. The first-order valence-corrected chi connectivity index (χ1v) is 8.62. The van der Waals surface area contributed by atoms with Crippen LogP contribution in [0.25, 0.3) is 0 Å². The van der Waals surface area contributed by atoms with Gasteiger partial charge in [-0.3, -0.25) is 0 Å². The van der Waals surface area contributed by atoms with E-state index in [0.717, 1.165) is 4.47 Å². The highest BCUT2D eigenvalue weighted by molar-refractivity contribution is 9.11. The summed E-state index contributed by atoms with van der Waals surface area (Å²) in [5.74, 6) is 0. The van der Waals surface area contributed by atoms with Crippen molar-refractivity contribution in [1.82, 2.24) is 0 Å². The molecule has 1 saturated carbocycles. The average Bonchev–Trinajstić information content (AvgIpc) is 2.32. The quantitative estimate of drug-likeness (QED) is 0.468. The molecule has 0 aromatic heterocycles. The first kappa shape index (κ1) is 14.1. The molecule has 1 aromatic rings. The molecule has 0 heterocycles. The Balaban J connectivity index is 2.29. The van der Waals surface area contributed by atoms with Crippen molar-refractivity contribution in [3.8, 4) is 0 Å². The second kappa shape index (κ2) is 5.75. The first-order valence-electron chi connectivity index (χ1n) is 6.12. The molecule has 1 aliphatic carbocycles. The summed E-state index contributed by atoms with van der Waals surface area (Å²) >= 11 is 11.2. The Labute approximate surface area is 129 Å². The van der Waals surface area contributed by atoms with Crippen molar-refractivity contribution in [3.05, 3.63) is 32.7 Å². The van der Waals surface area contributed by atoms with Gasteiger partial charge in [-0.2, -0.15) is 0 Å². The molecule has 2 rings (SSSR count). The molecule has 0 amide bonds. The van der Waals surface area contributed by atoms with E-state index in [-0.39, 0.29) is 0 Å². The molecule has 1 unspecified atom stereocenters. The van der Waals surface area contributed by atoms with E-state index in [1.165, 1.54) is 42.1 Å². The summed E-state index contributed by atoms with van der Waals surface area (Å²) in [6.07, 6.45) is 6.77. The van der Waals surface area contributed by atoms with Gasteiger partial charge < -0.3 is 0 Å². The van der Waals surface area contributed by atoms with Crippen LogP contribution in [0.15, 0.2) is 27.1 Å². The summed E-state index contributed by atoms with van der Waals surface area (Å²) in [5.41, 5.74) is 1.76. The van der Waals surface area contributed by atoms with Crippen LogP contribution >= 0.6 is 47.8 Å². The number of halogens is 3. The van der Waals surface area contributed by atoms with Crippen molar-refractivity contribution in [1.29, 1.82) is 0 Å². The lowest BCUT2D eigenvalue weighted by Crippen LogP contribution is -2.25. The standard InChI is InChI=1S/C14H17Br3/c1-14(7-3-2-4-8-14)13(17)11-9-10(15)5-6-12(11)16/h5-6,9,13H,2-4,7-8H2,1H3. The summed E-state index contributed by atoms with van der Waals surface area (Å²) in [5, 5.41) is 0. The van der Waals surface area contributed by atoms with Gasteiger partial charge in [-0.25, -0.2) is 0 Å². The molecule has 1 aromatic carbocycles. The molecule has 94 valence electrons.